The summed E-state index contributed by atoms with van der Waals surface area (Å²) in [5, 5.41) is 16.1. The average Bonchev–Trinajstić information content (AvgIpc) is 2.71. The minimum absolute atomic E-state index is 0.0245. The van der Waals surface area contributed by atoms with E-state index in [1.807, 2.05) is 6.92 Å². The Morgan fingerprint density at radius 3 is 2.94 bits per heavy atom. The molecule has 1 rings (SSSR count). The summed E-state index contributed by atoms with van der Waals surface area (Å²) in [6, 6.07) is 1.15. The Labute approximate surface area is 102 Å². The van der Waals surface area contributed by atoms with Crippen molar-refractivity contribution in [3.63, 3.8) is 0 Å². The largest absolute Gasteiger partial charge is 0.409 e. The Kier molecular flexibility index (Phi) is 4.57. The molecule has 0 aliphatic carbocycles. The molecule has 0 aliphatic heterocycles. The lowest BCUT2D eigenvalue weighted by atomic mass is 10.2. The monoisotopic (exact) mass is 261 g/mol. The minimum Gasteiger partial charge on any atom is -0.409 e. The van der Waals surface area contributed by atoms with Gasteiger partial charge >= 0.3 is 0 Å². The average molecular weight is 262 g/mol. The molecule has 0 fully saturated rings. The highest BCUT2D eigenvalue weighted by molar-refractivity contribution is 7.12. The first-order valence-corrected chi connectivity index (χ1v) is 5.87. The highest BCUT2D eigenvalue weighted by Gasteiger charge is 2.18. The summed E-state index contributed by atoms with van der Waals surface area (Å²) >= 11 is 7.06. The smallest absolute Gasteiger partial charge is 0.263 e. The number of oxime groups is 1. The van der Waals surface area contributed by atoms with E-state index in [1.165, 1.54) is 11.3 Å². The third-order valence-corrected chi connectivity index (χ3v) is 3.35. The van der Waals surface area contributed by atoms with Crippen molar-refractivity contribution in [2.75, 3.05) is 0 Å². The van der Waals surface area contributed by atoms with Gasteiger partial charge in [-0.3, -0.25) is 4.79 Å². The Morgan fingerprint density at radius 2 is 2.50 bits per heavy atom. The molecule has 0 saturated carbocycles. The van der Waals surface area contributed by atoms with Crippen LogP contribution >= 0.6 is 22.9 Å². The summed E-state index contributed by atoms with van der Waals surface area (Å²) in [7, 11) is 0. The maximum Gasteiger partial charge on any atom is 0.263 e. The van der Waals surface area contributed by atoms with Crippen molar-refractivity contribution in [1.82, 2.24) is 5.32 Å². The van der Waals surface area contributed by atoms with Crippen LogP contribution in [0.1, 0.15) is 23.0 Å². The van der Waals surface area contributed by atoms with Crippen molar-refractivity contribution in [3.05, 3.63) is 21.3 Å². The van der Waals surface area contributed by atoms with Gasteiger partial charge in [-0.15, -0.1) is 11.3 Å². The SMILES string of the molecule is CCC(NC(=O)c1sccc1Cl)/C(N)=N/O. The number of halogens is 1. The van der Waals surface area contributed by atoms with Gasteiger partial charge in [-0.05, 0) is 17.9 Å². The molecule has 88 valence electrons. The number of nitrogens with zero attached hydrogens (tertiary/aromatic N) is 1. The van der Waals surface area contributed by atoms with Crippen LogP contribution in [0.2, 0.25) is 5.02 Å². The van der Waals surface area contributed by atoms with Crippen molar-refractivity contribution in [3.8, 4) is 0 Å². The Morgan fingerprint density at radius 1 is 1.81 bits per heavy atom. The fourth-order valence-electron chi connectivity index (χ4n) is 1.13. The van der Waals surface area contributed by atoms with E-state index in [2.05, 4.69) is 10.5 Å². The number of carbonyl (C=O) groups excluding carboxylic acids is 1. The molecule has 0 bridgehead atoms. The molecule has 5 nitrogen and oxygen atoms in total. The van der Waals surface area contributed by atoms with E-state index in [1.54, 1.807) is 11.4 Å². The molecule has 0 aliphatic rings. The number of rotatable bonds is 4. The van der Waals surface area contributed by atoms with Gasteiger partial charge in [0.15, 0.2) is 5.84 Å². The van der Waals surface area contributed by atoms with Crippen LogP contribution in [0.15, 0.2) is 16.6 Å². The third kappa shape index (κ3) is 2.86. The Bertz CT molecular complexity index is 405. The maximum absolute atomic E-state index is 11.7. The van der Waals surface area contributed by atoms with Gasteiger partial charge < -0.3 is 16.3 Å². The summed E-state index contributed by atoms with van der Waals surface area (Å²) in [6.45, 7) is 1.82. The lowest BCUT2D eigenvalue weighted by Crippen LogP contribution is -2.44. The Balaban J connectivity index is 2.74. The molecule has 0 saturated heterocycles. The number of amides is 1. The molecule has 4 N–H and O–H groups in total. The maximum atomic E-state index is 11.7. The molecule has 0 radical (unpaired) electrons. The van der Waals surface area contributed by atoms with Crippen molar-refractivity contribution in [2.45, 2.75) is 19.4 Å². The first-order valence-electron chi connectivity index (χ1n) is 4.61. The molecule has 1 unspecified atom stereocenters. The summed E-state index contributed by atoms with van der Waals surface area (Å²) < 4.78 is 0. The molecule has 1 atom stereocenters. The highest BCUT2D eigenvalue weighted by Crippen LogP contribution is 2.21. The van der Waals surface area contributed by atoms with Crippen LogP contribution in [0.25, 0.3) is 0 Å². The first kappa shape index (κ1) is 12.8. The number of amidine groups is 1. The number of nitrogens with one attached hydrogen (secondary N) is 1. The van der Waals surface area contributed by atoms with E-state index < -0.39 is 6.04 Å². The standard InChI is InChI=1S/C9H12ClN3O2S/c1-2-6(8(11)13-15)12-9(14)7-5(10)3-4-16-7/h3-4,6,15H,2H2,1H3,(H2,11,13)(H,12,14). The van der Waals surface area contributed by atoms with Crippen LogP contribution < -0.4 is 11.1 Å². The highest BCUT2D eigenvalue weighted by atomic mass is 35.5. The second kappa shape index (κ2) is 5.72. The Hall–Kier alpha value is -1.27. The van der Waals surface area contributed by atoms with Crippen LogP contribution in [0, 0.1) is 0 Å². The zero-order valence-corrected chi connectivity index (χ0v) is 10.2. The molecular weight excluding hydrogens is 250 g/mol. The van der Waals surface area contributed by atoms with E-state index in [9.17, 15) is 4.79 Å². The van der Waals surface area contributed by atoms with Crippen LogP contribution in [0.4, 0.5) is 0 Å². The first-order chi connectivity index (χ1) is 7.60. The second-order valence-corrected chi connectivity index (χ2v) is 4.38. The predicted molar refractivity (Wildman–Crippen MR) is 64.3 cm³/mol. The molecule has 16 heavy (non-hydrogen) atoms. The molecule has 1 heterocycles. The van der Waals surface area contributed by atoms with E-state index >= 15 is 0 Å². The molecule has 1 aromatic heterocycles. The van der Waals surface area contributed by atoms with E-state index in [-0.39, 0.29) is 11.7 Å². The second-order valence-electron chi connectivity index (χ2n) is 3.06. The van der Waals surface area contributed by atoms with Crippen LogP contribution in [-0.4, -0.2) is 23.0 Å². The van der Waals surface area contributed by atoms with Crippen LogP contribution in [-0.2, 0) is 0 Å². The van der Waals surface area contributed by atoms with E-state index in [0.29, 0.717) is 16.3 Å². The number of hydrogen-bond donors (Lipinski definition) is 3. The van der Waals surface area contributed by atoms with Gasteiger partial charge in [-0.2, -0.15) is 0 Å². The number of thiophene rings is 1. The van der Waals surface area contributed by atoms with Crippen LogP contribution in [0.3, 0.4) is 0 Å². The normalized spacial score (nSPS) is 13.5. The zero-order chi connectivity index (χ0) is 12.1. The topological polar surface area (TPSA) is 87.7 Å². The van der Waals surface area contributed by atoms with E-state index in [4.69, 9.17) is 22.5 Å². The molecule has 0 aromatic carbocycles. The fourth-order valence-corrected chi connectivity index (χ4v) is 2.18. The molecule has 1 amide bonds. The van der Waals surface area contributed by atoms with Gasteiger partial charge in [-0.25, -0.2) is 0 Å². The third-order valence-electron chi connectivity index (χ3n) is 2.01. The molecule has 1 aromatic rings. The summed E-state index contributed by atoms with van der Waals surface area (Å²) in [6.07, 6.45) is 0.532. The summed E-state index contributed by atoms with van der Waals surface area (Å²) in [4.78, 5) is 12.2. The van der Waals surface area contributed by atoms with Gasteiger partial charge in [0.25, 0.3) is 5.91 Å². The van der Waals surface area contributed by atoms with Gasteiger partial charge in [0.1, 0.15) is 4.88 Å². The molecule has 7 heteroatoms. The van der Waals surface area contributed by atoms with Crippen molar-refractivity contribution in [2.24, 2.45) is 10.9 Å². The molecular formula is C9H12ClN3O2S. The zero-order valence-electron chi connectivity index (χ0n) is 8.61. The predicted octanol–water partition coefficient (Wildman–Crippen LogP) is 1.66. The van der Waals surface area contributed by atoms with Crippen LogP contribution in [0.5, 0.6) is 0 Å². The number of nitrogens with two attached hydrogens (primary N) is 1. The van der Waals surface area contributed by atoms with Crippen molar-refractivity contribution in [1.29, 1.82) is 0 Å². The summed E-state index contributed by atoms with van der Waals surface area (Å²) in [5.74, 6) is -0.345. The van der Waals surface area contributed by atoms with Gasteiger partial charge in [0, 0.05) is 0 Å². The summed E-state index contributed by atoms with van der Waals surface area (Å²) in [5.41, 5.74) is 5.42. The van der Waals surface area contributed by atoms with Gasteiger partial charge in [0.05, 0.1) is 11.1 Å². The van der Waals surface area contributed by atoms with Crippen molar-refractivity contribution < 1.29 is 10.0 Å². The van der Waals surface area contributed by atoms with Gasteiger partial charge in [-0.1, -0.05) is 23.7 Å². The lowest BCUT2D eigenvalue weighted by Gasteiger charge is -2.14. The number of hydrogen-bond acceptors (Lipinski definition) is 4. The molecule has 0 spiro atoms. The minimum atomic E-state index is -0.490. The lowest BCUT2D eigenvalue weighted by molar-refractivity contribution is 0.0950. The fraction of sp³-hybridized carbons (Fsp3) is 0.333. The van der Waals surface area contributed by atoms with Gasteiger partial charge in [0.2, 0.25) is 0 Å². The van der Waals surface area contributed by atoms with Crippen molar-refractivity contribution >= 4 is 34.7 Å². The van der Waals surface area contributed by atoms with E-state index in [0.717, 1.165) is 0 Å². The quantitative estimate of drug-likeness (QED) is 0.333. The number of carbonyl (C=O) groups is 1.